The highest BCUT2D eigenvalue weighted by Gasteiger charge is 2.19. The zero-order valence-corrected chi connectivity index (χ0v) is 18.0. The lowest BCUT2D eigenvalue weighted by molar-refractivity contribution is -0.118. The molecule has 1 amide bonds. The first kappa shape index (κ1) is 20.9. The minimum atomic E-state index is -0.0473. The number of ether oxygens (including phenoxy) is 1. The van der Waals surface area contributed by atoms with E-state index in [1.807, 2.05) is 62.8 Å². The van der Waals surface area contributed by atoms with Crippen molar-refractivity contribution in [3.63, 3.8) is 0 Å². The monoisotopic (exact) mass is 414 g/mol. The van der Waals surface area contributed by atoms with Crippen molar-refractivity contribution in [2.75, 3.05) is 12.4 Å². The van der Waals surface area contributed by atoms with Gasteiger partial charge in [0.25, 0.3) is 0 Å². The Morgan fingerprint density at radius 2 is 1.97 bits per heavy atom. The van der Waals surface area contributed by atoms with E-state index in [1.54, 1.807) is 4.68 Å². The quantitative estimate of drug-likeness (QED) is 0.542. The standard InChI is InChI=1S/C20H26N6O2S/c1-5-26-12-16(19(24-26)28-6-2)18-22-23-20(25(18)4)29-13-17(27)21-11-15-9-7-14(3)8-10-15/h7-10,12H,5-6,11,13H2,1-4H3,(H,21,27). The normalized spacial score (nSPS) is 10.9. The third-order valence-corrected chi connectivity index (χ3v) is 5.37. The second-order valence-corrected chi connectivity index (χ2v) is 7.50. The topological polar surface area (TPSA) is 86.9 Å². The van der Waals surface area contributed by atoms with Crippen molar-refractivity contribution >= 4 is 17.7 Å². The van der Waals surface area contributed by atoms with Crippen molar-refractivity contribution < 1.29 is 9.53 Å². The zero-order chi connectivity index (χ0) is 20.8. The third-order valence-electron chi connectivity index (χ3n) is 4.35. The molecule has 29 heavy (non-hydrogen) atoms. The summed E-state index contributed by atoms with van der Waals surface area (Å²) in [6.45, 7) is 7.74. The van der Waals surface area contributed by atoms with Crippen LogP contribution in [0.4, 0.5) is 0 Å². The van der Waals surface area contributed by atoms with E-state index < -0.39 is 0 Å². The number of benzene rings is 1. The van der Waals surface area contributed by atoms with Gasteiger partial charge >= 0.3 is 0 Å². The van der Waals surface area contributed by atoms with Gasteiger partial charge in [-0.25, -0.2) is 0 Å². The molecule has 0 unspecified atom stereocenters. The second-order valence-electron chi connectivity index (χ2n) is 6.55. The number of aromatic nitrogens is 5. The summed E-state index contributed by atoms with van der Waals surface area (Å²) >= 11 is 1.35. The molecule has 0 aliphatic rings. The van der Waals surface area contributed by atoms with Crippen LogP contribution in [0.5, 0.6) is 5.88 Å². The number of hydrogen-bond acceptors (Lipinski definition) is 6. The van der Waals surface area contributed by atoms with Gasteiger partial charge in [0, 0.05) is 26.3 Å². The maximum Gasteiger partial charge on any atom is 0.243 e. The van der Waals surface area contributed by atoms with E-state index in [0.29, 0.717) is 30.0 Å². The SMILES string of the molecule is CCOc1nn(CC)cc1-c1nnc(SCC(=O)NCc2ccc(C)cc2)n1C. The molecule has 0 spiro atoms. The summed E-state index contributed by atoms with van der Waals surface area (Å²) < 4.78 is 9.30. The lowest BCUT2D eigenvalue weighted by atomic mass is 10.1. The number of nitrogens with zero attached hydrogens (tertiary/aromatic N) is 5. The van der Waals surface area contributed by atoms with Gasteiger partial charge in [-0.3, -0.25) is 9.48 Å². The highest BCUT2D eigenvalue weighted by atomic mass is 32.2. The summed E-state index contributed by atoms with van der Waals surface area (Å²) in [4.78, 5) is 12.2. The molecule has 0 aliphatic carbocycles. The fourth-order valence-corrected chi connectivity index (χ4v) is 3.47. The molecule has 0 bridgehead atoms. The van der Waals surface area contributed by atoms with Crippen LogP contribution in [0, 0.1) is 6.92 Å². The summed E-state index contributed by atoms with van der Waals surface area (Å²) in [5.41, 5.74) is 3.07. The number of aryl methyl sites for hydroxylation is 2. The van der Waals surface area contributed by atoms with Crippen LogP contribution in [0.3, 0.4) is 0 Å². The molecule has 1 aromatic carbocycles. The molecule has 9 heteroatoms. The highest BCUT2D eigenvalue weighted by Crippen LogP contribution is 2.29. The molecule has 1 N–H and O–H groups in total. The first-order chi connectivity index (χ1) is 14.0. The lowest BCUT2D eigenvalue weighted by Crippen LogP contribution is -2.24. The summed E-state index contributed by atoms with van der Waals surface area (Å²) in [7, 11) is 1.88. The number of thioether (sulfide) groups is 1. The minimum absolute atomic E-state index is 0.0473. The van der Waals surface area contributed by atoms with Gasteiger partial charge < -0.3 is 14.6 Å². The van der Waals surface area contributed by atoms with Crippen molar-refractivity contribution in [1.29, 1.82) is 0 Å². The van der Waals surface area contributed by atoms with Gasteiger partial charge in [-0.15, -0.1) is 15.3 Å². The van der Waals surface area contributed by atoms with E-state index >= 15 is 0 Å². The molecule has 3 aromatic rings. The number of hydrogen-bond donors (Lipinski definition) is 1. The van der Waals surface area contributed by atoms with E-state index in [9.17, 15) is 4.79 Å². The van der Waals surface area contributed by atoms with Crippen LogP contribution in [0.1, 0.15) is 25.0 Å². The predicted molar refractivity (Wildman–Crippen MR) is 113 cm³/mol. The van der Waals surface area contributed by atoms with Crippen LogP contribution in [-0.4, -0.2) is 42.8 Å². The van der Waals surface area contributed by atoms with Gasteiger partial charge in [-0.1, -0.05) is 41.6 Å². The number of rotatable bonds is 9. The Balaban J connectivity index is 1.62. The summed E-state index contributed by atoms with van der Waals surface area (Å²) in [5, 5.41) is 16.5. The average Bonchev–Trinajstić information content (AvgIpc) is 3.29. The maximum absolute atomic E-state index is 12.2. The molecule has 0 radical (unpaired) electrons. The van der Waals surface area contributed by atoms with Crippen molar-refractivity contribution in [2.24, 2.45) is 7.05 Å². The van der Waals surface area contributed by atoms with Gasteiger partial charge in [0.2, 0.25) is 11.8 Å². The van der Waals surface area contributed by atoms with E-state index in [1.165, 1.54) is 17.3 Å². The van der Waals surface area contributed by atoms with Crippen LogP contribution in [0.2, 0.25) is 0 Å². The van der Waals surface area contributed by atoms with Gasteiger partial charge in [-0.2, -0.15) is 0 Å². The van der Waals surface area contributed by atoms with Gasteiger partial charge in [0.15, 0.2) is 11.0 Å². The number of carbonyl (C=O) groups excluding carboxylic acids is 1. The molecule has 0 saturated carbocycles. The Hall–Kier alpha value is -2.81. The highest BCUT2D eigenvalue weighted by molar-refractivity contribution is 7.99. The van der Waals surface area contributed by atoms with E-state index in [-0.39, 0.29) is 11.7 Å². The van der Waals surface area contributed by atoms with E-state index in [4.69, 9.17) is 4.74 Å². The Morgan fingerprint density at radius 1 is 1.21 bits per heavy atom. The third kappa shape index (κ3) is 5.17. The molecule has 8 nitrogen and oxygen atoms in total. The molecule has 154 valence electrons. The predicted octanol–water partition coefficient (Wildman–Crippen LogP) is 2.81. The molecule has 0 saturated heterocycles. The van der Waals surface area contributed by atoms with Crippen molar-refractivity contribution in [3.8, 4) is 17.3 Å². The zero-order valence-electron chi connectivity index (χ0n) is 17.2. The molecule has 0 aliphatic heterocycles. The van der Waals surface area contributed by atoms with Crippen molar-refractivity contribution in [1.82, 2.24) is 29.9 Å². The molecular formula is C20H26N6O2S. The minimum Gasteiger partial charge on any atom is -0.476 e. The molecular weight excluding hydrogens is 388 g/mol. The number of nitrogens with one attached hydrogen (secondary N) is 1. The molecule has 3 rings (SSSR count). The molecule has 0 atom stereocenters. The molecule has 2 aromatic heterocycles. The first-order valence-electron chi connectivity index (χ1n) is 9.56. The van der Waals surface area contributed by atoms with Crippen LogP contribution in [0.25, 0.3) is 11.4 Å². The van der Waals surface area contributed by atoms with Crippen molar-refractivity contribution in [2.45, 2.75) is 39.0 Å². The largest absolute Gasteiger partial charge is 0.476 e. The average molecular weight is 415 g/mol. The maximum atomic E-state index is 12.2. The smallest absolute Gasteiger partial charge is 0.243 e. The van der Waals surface area contributed by atoms with Gasteiger partial charge in [0.1, 0.15) is 5.56 Å². The van der Waals surface area contributed by atoms with Crippen LogP contribution >= 0.6 is 11.8 Å². The summed E-state index contributed by atoms with van der Waals surface area (Å²) in [6.07, 6.45) is 1.90. The van der Waals surface area contributed by atoms with Crippen LogP contribution < -0.4 is 10.1 Å². The fraction of sp³-hybridized carbons (Fsp3) is 0.400. The van der Waals surface area contributed by atoms with Crippen LogP contribution in [-0.2, 0) is 24.9 Å². The fourth-order valence-electron chi connectivity index (χ4n) is 2.73. The van der Waals surface area contributed by atoms with Crippen molar-refractivity contribution in [3.05, 3.63) is 41.6 Å². The molecule has 0 fully saturated rings. The first-order valence-corrected chi connectivity index (χ1v) is 10.5. The van der Waals surface area contributed by atoms with Crippen LogP contribution in [0.15, 0.2) is 35.6 Å². The Morgan fingerprint density at radius 3 is 2.66 bits per heavy atom. The lowest BCUT2D eigenvalue weighted by Gasteiger charge is -2.06. The Labute approximate surface area is 174 Å². The Kier molecular flexibility index (Phi) is 6.92. The van der Waals surface area contributed by atoms with Gasteiger partial charge in [0.05, 0.1) is 12.4 Å². The van der Waals surface area contributed by atoms with E-state index in [0.717, 1.165) is 17.7 Å². The Bertz CT molecular complexity index is 964. The number of carbonyl (C=O) groups is 1. The van der Waals surface area contributed by atoms with Gasteiger partial charge in [-0.05, 0) is 26.3 Å². The second kappa shape index (κ2) is 9.60. The summed E-state index contributed by atoms with van der Waals surface area (Å²) in [6, 6.07) is 8.11. The summed E-state index contributed by atoms with van der Waals surface area (Å²) in [5.74, 6) is 1.42. The van der Waals surface area contributed by atoms with E-state index in [2.05, 4.69) is 20.6 Å². The number of amides is 1. The molecule has 2 heterocycles.